The van der Waals surface area contributed by atoms with Crippen LogP contribution in [0.15, 0.2) is 36.4 Å². The van der Waals surface area contributed by atoms with Gasteiger partial charge in [0.1, 0.15) is 0 Å². The average Bonchev–Trinajstić information content (AvgIpc) is 2.90. The lowest BCUT2D eigenvalue weighted by atomic mass is 10.1. The molecule has 0 saturated carbocycles. The first-order valence-electron chi connectivity index (χ1n) is 7.59. The van der Waals surface area contributed by atoms with Crippen LogP contribution in [0.5, 0.6) is 0 Å². The lowest BCUT2D eigenvalue weighted by Crippen LogP contribution is -2.44. The van der Waals surface area contributed by atoms with E-state index in [9.17, 15) is 4.79 Å². The van der Waals surface area contributed by atoms with Gasteiger partial charge in [0, 0.05) is 35.2 Å². The van der Waals surface area contributed by atoms with E-state index >= 15 is 0 Å². The van der Waals surface area contributed by atoms with Gasteiger partial charge < -0.3 is 14.8 Å². The molecule has 2 aromatic rings. The van der Waals surface area contributed by atoms with E-state index in [4.69, 9.17) is 11.6 Å². The monoisotopic (exact) mass is 317 g/mol. The average molecular weight is 318 g/mol. The highest BCUT2D eigenvalue weighted by Gasteiger charge is 2.30. The Hall–Kier alpha value is -1.94. The minimum absolute atomic E-state index is 0.0562. The van der Waals surface area contributed by atoms with E-state index in [1.54, 1.807) is 12.1 Å². The highest BCUT2D eigenvalue weighted by Crippen LogP contribution is 2.30. The summed E-state index contributed by atoms with van der Waals surface area (Å²) in [5.41, 5.74) is 3.24. The van der Waals surface area contributed by atoms with Crippen molar-refractivity contribution in [1.82, 2.24) is 9.47 Å². The molecule has 116 valence electrons. The molecule has 0 saturated heterocycles. The number of hydrogen-bond donors (Lipinski definition) is 1. The molecule has 4 nitrogen and oxygen atoms in total. The van der Waals surface area contributed by atoms with Crippen LogP contribution in [0, 0.1) is 6.92 Å². The van der Waals surface area contributed by atoms with Gasteiger partial charge in [0.05, 0.1) is 6.04 Å². The molecular formula is C17H20ClN3O. The van der Waals surface area contributed by atoms with E-state index in [1.807, 2.05) is 17.0 Å². The molecule has 0 fully saturated rings. The van der Waals surface area contributed by atoms with Gasteiger partial charge in [-0.2, -0.15) is 0 Å². The van der Waals surface area contributed by atoms with Gasteiger partial charge in [0.2, 0.25) is 0 Å². The molecule has 0 bridgehead atoms. The SMILES string of the molecule is CC[C@@H]1c2ccc(C)n2CCN1C(=O)Nc1ccc(Cl)cc1. The van der Waals surface area contributed by atoms with E-state index in [-0.39, 0.29) is 12.1 Å². The van der Waals surface area contributed by atoms with Gasteiger partial charge in [0.25, 0.3) is 0 Å². The number of anilines is 1. The maximum absolute atomic E-state index is 12.6. The molecule has 5 heteroatoms. The quantitative estimate of drug-likeness (QED) is 0.873. The largest absolute Gasteiger partial charge is 0.345 e. The number of nitrogens with zero attached hydrogens (tertiary/aromatic N) is 2. The summed E-state index contributed by atoms with van der Waals surface area (Å²) in [7, 11) is 0. The smallest absolute Gasteiger partial charge is 0.322 e. The molecule has 1 aliphatic rings. The van der Waals surface area contributed by atoms with E-state index < -0.39 is 0 Å². The van der Waals surface area contributed by atoms with Crippen LogP contribution in [0.4, 0.5) is 10.5 Å². The molecule has 1 atom stereocenters. The summed E-state index contributed by atoms with van der Waals surface area (Å²) in [5, 5.41) is 3.62. The van der Waals surface area contributed by atoms with Crippen molar-refractivity contribution in [2.45, 2.75) is 32.9 Å². The van der Waals surface area contributed by atoms with Gasteiger partial charge >= 0.3 is 6.03 Å². The first-order chi connectivity index (χ1) is 10.6. The zero-order chi connectivity index (χ0) is 15.7. The van der Waals surface area contributed by atoms with E-state index in [1.165, 1.54) is 11.4 Å². The third-order valence-electron chi connectivity index (χ3n) is 4.26. The number of hydrogen-bond acceptors (Lipinski definition) is 1. The lowest BCUT2D eigenvalue weighted by Gasteiger charge is -2.37. The number of aryl methyl sites for hydroxylation is 1. The summed E-state index contributed by atoms with van der Waals surface area (Å²) in [4.78, 5) is 14.5. The number of halogens is 1. The first kappa shape index (κ1) is 15.0. The van der Waals surface area contributed by atoms with Crippen molar-refractivity contribution < 1.29 is 4.79 Å². The Kier molecular flexibility index (Phi) is 4.12. The molecule has 2 heterocycles. The Bertz CT molecular complexity index is 678. The second kappa shape index (κ2) is 6.05. The number of carbonyl (C=O) groups is 1. The summed E-state index contributed by atoms with van der Waals surface area (Å²) in [6.07, 6.45) is 0.900. The molecule has 1 N–H and O–H groups in total. The van der Waals surface area contributed by atoms with Crippen molar-refractivity contribution in [3.63, 3.8) is 0 Å². The third kappa shape index (κ3) is 2.71. The number of carbonyl (C=O) groups excluding carboxylic acids is 1. The zero-order valence-electron chi connectivity index (χ0n) is 12.8. The Morgan fingerprint density at radius 1 is 1.23 bits per heavy atom. The number of nitrogens with one attached hydrogen (secondary N) is 1. The molecule has 0 unspecified atom stereocenters. The van der Waals surface area contributed by atoms with Crippen LogP contribution in [-0.4, -0.2) is 22.0 Å². The highest BCUT2D eigenvalue weighted by molar-refractivity contribution is 6.30. The Balaban J connectivity index is 1.79. The fourth-order valence-corrected chi connectivity index (χ4v) is 3.24. The molecule has 2 amide bonds. The third-order valence-corrected chi connectivity index (χ3v) is 4.51. The van der Waals surface area contributed by atoms with Gasteiger partial charge in [-0.1, -0.05) is 18.5 Å². The Labute approximate surface area is 135 Å². The predicted octanol–water partition coefficient (Wildman–Crippen LogP) is 4.45. The van der Waals surface area contributed by atoms with Crippen molar-refractivity contribution >= 4 is 23.3 Å². The van der Waals surface area contributed by atoms with Crippen molar-refractivity contribution in [2.24, 2.45) is 0 Å². The summed E-state index contributed by atoms with van der Waals surface area (Å²) in [6.45, 7) is 5.80. The number of amides is 2. The summed E-state index contributed by atoms with van der Waals surface area (Å²) >= 11 is 5.88. The van der Waals surface area contributed by atoms with Crippen LogP contribution in [0.3, 0.4) is 0 Å². The zero-order valence-corrected chi connectivity index (χ0v) is 13.6. The van der Waals surface area contributed by atoms with Crippen LogP contribution < -0.4 is 5.32 Å². The molecule has 0 aliphatic carbocycles. The summed E-state index contributed by atoms with van der Waals surface area (Å²) in [5.74, 6) is 0. The minimum Gasteiger partial charge on any atom is -0.345 e. The van der Waals surface area contributed by atoms with Gasteiger partial charge in [-0.05, 0) is 49.7 Å². The molecule has 0 radical (unpaired) electrons. The lowest BCUT2D eigenvalue weighted by molar-refractivity contribution is 0.165. The Morgan fingerprint density at radius 2 is 1.95 bits per heavy atom. The molecule has 1 aromatic heterocycles. The second-order valence-electron chi connectivity index (χ2n) is 5.61. The van der Waals surface area contributed by atoms with Crippen LogP contribution in [0.1, 0.15) is 30.8 Å². The van der Waals surface area contributed by atoms with Gasteiger partial charge in [-0.3, -0.25) is 0 Å². The van der Waals surface area contributed by atoms with Crippen molar-refractivity contribution in [2.75, 3.05) is 11.9 Å². The highest BCUT2D eigenvalue weighted by atomic mass is 35.5. The topological polar surface area (TPSA) is 37.3 Å². The van der Waals surface area contributed by atoms with Gasteiger partial charge in [0.15, 0.2) is 0 Å². The van der Waals surface area contributed by atoms with Gasteiger partial charge in [-0.15, -0.1) is 0 Å². The van der Waals surface area contributed by atoms with Crippen LogP contribution in [0.25, 0.3) is 0 Å². The van der Waals surface area contributed by atoms with Gasteiger partial charge in [-0.25, -0.2) is 4.79 Å². The van der Waals surface area contributed by atoms with Crippen LogP contribution >= 0.6 is 11.6 Å². The van der Waals surface area contributed by atoms with Crippen molar-refractivity contribution in [3.8, 4) is 0 Å². The molecule has 1 aromatic carbocycles. The molecular weight excluding hydrogens is 298 g/mol. The maximum atomic E-state index is 12.6. The fourth-order valence-electron chi connectivity index (χ4n) is 3.11. The minimum atomic E-state index is -0.0562. The van der Waals surface area contributed by atoms with E-state index in [0.717, 1.165) is 25.2 Å². The molecule has 1 aliphatic heterocycles. The fraction of sp³-hybridized carbons (Fsp3) is 0.353. The molecule has 3 rings (SSSR count). The number of aromatic nitrogens is 1. The van der Waals surface area contributed by atoms with Crippen LogP contribution in [-0.2, 0) is 6.54 Å². The van der Waals surface area contributed by atoms with E-state index in [0.29, 0.717) is 5.02 Å². The van der Waals surface area contributed by atoms with E-state index in [2.05, 4.69) is 35.9 Å². The maximum Gasteiger partial charge on any atom is 0.322 e. The van der Waals surface area contributed by atoms with Crippen molar-refractivity contribution in [1.29, 1.82) is 0 Å². The number of rotatable bonds is 2. The predicted molar refractivity (Wildman–Crippen MR) is 89.4 cm³/mol. The van der Waals surface area contributed by atoms with Crippen LogP contribution in [0.2, 0.25) is 5.02 Å². The number of fused-ring (bicyclic) bond motifs is 1. The van der Waals surface area contributed by atoms with Crippen molar-refractivity contribution in [3.05, 3.63) is 52.8 Å². The summed E-state index contributed by atoms with van der Waals surface area (Å²) < 4.78 is 2.31. The normalized spacial score (nSPS) is 17.2. The molecule has 0 spiro atoms. The number of urea groups is 1. The Morgan fingerprint density at radius 3 is 2.64 bits per heavy atom. The standard InChI is InChI=1S/C17H20ClN3O/c1-3-15-16-9-4-12(2)20(16)10-11-21(15)17(22)19-14-7-5-13(18)6-8-14/h4-9,15H,3,10-11H2,1-2H3,(H,19,22)/t15-/m1/s1. The first-order valence-corrected chi connectivity index (χ1v) is 7.97. The summed E-state index contributed by atoms with van der Waals surface area (Å²) in [6, 6.07) is 11.5. The molecule has 22 heavy (non-hydrogen) atoms. The number of benzene rings is 1. The second-order valence-corrected chi connectivity index (χ2v) is 6.04.